The summed E-state index contributed by atoms with van der Waals surface area (Å²) in [5, 5.41) is 58.7. The second kappa shape index (κ2) is 40.4. The molecule has 5 atom stereocenters. The molecule has 0 saturated heterocycles. The van der Waals surface area contributed by atoms with E-state index in [1.54, 1.807) is 6.20 Å². The third-order valence-electron chi connectivity index (χ3n) is 26.0. The number of nitrogens with zero attached hydrogens (tertiary/aromatic N) is 10. The van der Waals surface area contributed by atoms with Crippen molar-refractivity contribution < 1.29 is 0 Å². The van der Waals surface area contributed by atoms with Crippen LogP contribution in [0, 0.1) is 44.7 Å². The summed E-state index contributed by atoms with van der Waals surface area (Å²) < 4.78 is 0. The lowest BCUT2D eigenvalue weighted by atomic mass is 9.77. The minimum absolute atomic E-state index is 0.114. The molecule has 5 unspecified atom stereocenters. The lowest BCUT2D eigenvalue weighted by Crippen LogP contribution is -2.26. The van der Waals surface area contributed by atoms with E-state index in [2.05, 4.69) is 149 Å². The summed E-state index contributed by atoms with van der Waals surface area (Å²) in [6.45, 7) is 52.1. The van der Waals surface area contributed by atoms with E-state index in [1.165, 1.54) is 101 Å². The van der Waals surface area contributed by atoms with Crippen molar-refractivity contribution in [1.82, 2.24) is 51.0 Å². The van der Waals surface area contributed by atoms with Gasteiger partial charge in [0.15, 0.2) is 45.9 Å². The van der Waals surface area contributed by atoms with Crippen molar-refractivity contribution in [3.05, 3.63) is 346 Å². The quantitative estimate of drug-likeness (QED) is 0.0345. The molecule has 0 amide bonds. The number of benzene rings is 5. The number of nitrogens with one attached hydrogen (secondary N) is 10. The van der Waals surface area contributed by atoms with Crippen molar-refractivity contribution in [2.24, 2.45) is 11.8 Å². The number of aromatic nitrogens is 10. The molecule has 0 radical (unpaired) electrons. The summed E-state index contributed by atoms with van der Waals surface area (Å²) in [7, 11) is 0. The van der Waals surface area contributed by atoms with E-state index in [9.17, 15) is 0 Å². The van der Waals surface area contributed by atoms with Gasteiger partial charge in [0.05, 0.1) is 74.8 Å². The number of rotatable bonds is 15. The Morgan fingerprint density at radius 3 is 0.928 bits per heavy atom. The molecule has 19 rings (SSSR count). The second-order valence-electron chi connectivity index (χ2n) is 34.8. The van der Waals surface area contributed by atoms with Gasteiger partial charge in [0.1, 0.15) is 11.6 Å². The van der Waals surface area contributed by atoms with E-state index < -0.39 is 0 Å². The van der Waals surface area contributed by atoms with Crippen LogP contribution in [0.1, 0.15) is 310 Å². The molecular weight excluding hydrogens is 1660 g/mol. The molecule has 0 bridgehead atoms. The zero-order valence-corrected chi connectivity index (χ0v) is 75.5. The van der Waals surface area contributed by atoms with Gasteiger partial charge in [-0.3, -0.25) is 25.5 Å². The Labute approximate surface area is 759 Å². The molecule has 10 N–H and O–H groups in total. The SMILES string of the molecule is [C-]#[N+]C1=C(C2CCC2)Nc2[nH]ncc2C1c1ccccc1Cl.[C-]#[N+]C1=C(C2CCCCCC2)Nc2[nH]ncc2C1c1ccccc1Cl.[C-]#[N+]C1=C(CCC)Nc2n[nH]c(C(C)(C)C)c2C1c1ccccc1Cl.[C-]#[N+]C1=C(CCC)Nc2n[nH]c(C3CCCC3)c2C1c1ccccc1Cl.[C-]#[N+]C1=C(CCC)Nc2n[nH]c(C3CCCCC3)c2C1c1ccccc1Cl. The standard InChI is InChI=1S/C22H25ClN4.C21H23ClN4.C20H21ClN4.C20H23ClN4.C17H15ClN4/c1-3-9-17-21(24-2)18(15-12-7-8-13-16(15)23)19-20(26-27-22(19)25-17)14-10-5-4-6-11-14;1-3-8-16-20(23-2)17(14-11-6-7-12-15(14)22)18-19(13-9-4-5-10-13)25-26-21(18)24-16;1-22-19-17(14-10-6-7-11-16(14)21)15-12-23-25-20(15)24-18(19)13-8-4-2-3-5-9-13;1-6-9-14-17(22-5)15(12-10-7-8-11-13(12)21)16-18(20(2,3)4)24-25-19(16)23-14;1-19-16-14(11-7-2-3-8-13(11)18)12-9-20-22-17(12)21-15(16)10-5-4-6-10/h7-8,12-14,18H,3-6,9-11H2,1H3,(H2,25,26,27);6-7,11-13,17H,3-5,8-10H2,1H3,(H2,24,25,26);6-7,10-13,17H,2-5,8-9H2,(H2,23,24,25);7-8,10-11,15H,6,9H2,1-4H3,(H2,23,24,25);2-3,7-10,14H,4-6H2,(H2,20,21,22). The van der Waals surface area contributed by atoms with Crippen LogP contribution in [-0.2, 0) is 5.41 Å². The van der Waals surface area contributed by atoms with Gasteiger partial charge in [-0.25, -0.2) is 24.2 Å². The normalized spacial score (nSPS) is 19.8. The van der Waals surface area contributed by atoms with Crippen LogP contribution in [0.3, 0.4) is 0 Å². The van der Waals surface area contributed by atoms with Gasteiger partial charge in [0.2, 0.25) is 0 Å². The molecule has 4 aliphatic carbocycles. The number of aromatic amines is 5. The molecule has 20 nitrogen and oxygen atoms in total. The highest BCUT2D eigenvalue weighted by atomic mass is 35.5. The Bertz CT molecular complexity index is 5950. The molecule has 10 heterocycles. The summed E-state index contributed by atoms with van der Waals surface area (Å²) in [5.41, 5.74) is 22.2. The molecule has 10 aromatic rings. The van der Waals surface area contributed by atoms with Gasteiger partial charge < -0.3 is 26.6 Å². The fourth-order valence-electron chi connectivity index (χ4n) is 19.8. The number of halogens is 5. The van der Waals surface area contributed by atoms with Gasteiger partial charge in [-0.2, -0.15) is 25.5 Å². The van der Waals surface area contributed by atoms with Gasteiger partial charge >= 0.3 is 0 Å². The summed E-state index contributed by atoms with van der Waals surface area (Å²) in [4.78, 5) is 19.7. The average Bonchev–Trinajstić information content (AvgIpc) is 1.68. The summed E-state index contributed by atoms with van der Waals surface area (Å²) in [5.74, 6) is 5.40. The fourth-order valence-corrected chi connectivity index (χ4v) is 21.0. The van der Waals surface area contributed by atoms with Crippen LogP contribution < -0.4 is 26.6 Å². The number of H-pyrrole nitrogens is 5. The molecule has 4 fully saturated rings. The van der Waals surface area contributed by atoms with Crippen LogP contribution in [0.15, 0.2) is 191 Å². The van der Waals surface area contributed by atoms with E-state index in [0.29, 0.717) is 54.5 Å². The number of hydrogen-bond acceptors (Lipinski definition) is 10. The lowest BCUT2D eigenvalue weighted by molar-refractivity contribution is 0.366. The minimum atomic E-state index is -0.197. The van der Waals surface area contributed by atoms with Gasteiger partial charge in [-0.15, -0.1) is 0 Å². The minimum Gasteiger partial charge on any atom is -0.354 e. The van der Waals surface area contributed by atoms with Crippen LogP contribution in [-0.4, -0.2) is 51.0 Å². The largest absolute Gasteiger partial charge is 0.354 e. The Morgan fingerprint density at radius 2 is 0.616 bits per heavy atom. The maximum absolute atomic E-state index is 7.92. The summed E-state index contributed by atoms with van der Waals surface area (Å²) in [6, 6.07) is 39.2. The van der Waals surface area contributed by atoms with E-state index in [0.717, 1.165) is 206 Å². The molecule has 4 saturated carbocycles. The molecule has 0 spiro atoms. The lowest BCUT2D eigenvalue weighted by Gasteiger charge is -2.35. The van der Waals surface area contributed by atoms with Crippen LogP contribution >= 0.6 is 58.0 Å². The third kappa shape index (κ3) is 18.5. The maximum Gasteiger partial charge on any atom is 0.196 e. The summed E-state index contributed by atoms with van der Waals surface area (Å²) >= 11 is 32.6. The molecule has 9 aliphatic rings. The topological polar surface area (TPSA) is 225 Å². The molecule has 5 aromatic heterocycles. The van der Waals surface area contributed by atoms with Crippen molar-refractivity contribution in [3.63, 3.8) is 0 Å². The van der Waals surface area contributed by atoms with E-state index in [1.807, 2.05) is 121 Å². The zero-order chi connectivity index (χ0) is 87.4. The van der Waals surface area contributed by atoms with Crippen molar-refractivity contribution in [2.75, 3.05) is 26.6 Å². The van der Waals surface area contributed by atoms with Crippen LogP contribution in [0.4, 0.5) is 29.1 Å². The Kier molecular flexibility index (Phi) is 28.6. The number of allylic oxidation sites excluding steroid dienone is 10. The first-order valence-electron chi connectivity index (χ1n) is 44.4. The fraction of sp³-hybridized carbons (Fsp3) is 0.400. The average molecular weight is 1770 g/mol. The number of hydrogen-bond donors (Lipinski definition) is 10. The van der Waals surface area contributed by atoms with Crippen molar-refractivity contribution >= 4 is 87.1 Å². The molecule has 125 heavy (non-hydrogen) atoms. The van der Waals surface area contributed by atoms with Crippen LogP contribution in [0.2, 0.25) is 25.1 Å². The second-order valence-corrected chi connectivity index (χ2v) is 36.9. The predicted octanol–water partition coefficient (Wildman–Crippen LogP) is 28.9. The van der Waals surface area contributed by atoms with Crippen molar-refractivity contribution in [1.29, 1.82) is 0 Å². The van der Waals surface area contributed by atoms with Gasteiger partial charge in [0, 0.05) is 116 Å². The highest BCUT2D eigenvalue weighted by Gasteiger charge is 2.44. The third-order valence-corrected chi connectivity index (χ3v) is 27.7. The van der Waals surface area contributed by atoms with Crippen molar-refractivity contribution in [3.8, 4) is 0 Å². The number of fused-ring (bicyclic) bond motifs is 5. The molecule has 642 valence electrons. The summed E-state index contributed by atoms with van der Waals surface area (Å²) in [6.07, 6.45) is 30.9. The van der Waals surface area contributed by atoms with Gasteiger partial charge in [-0.1, -0.05) is 274 Å². The monoisotopic (exact) mass is 1760 g/mol. The van der Waals surface area contributed by atoms with Crippen LogP contribution in [0.25, 0.3) is 24.2 Å². The highest BCUT2D eigenvalue weighted by Crippen LogP contribution is 2.55. The highest BCUT2D eigenvalue weighted by molar-refractivity contribution is 6.33. The Balaban J connectivity index is 0.000000121. The molecule has 25 heteroatoms. The van der Waals surface area contributed by atoms with E-state index in [-0.39, 0.29) is 35.0 Å². The van der Waals surface area contributed by atoms with Gasteiger partial charge in [0.25, 0.3) is 0 Å². The Hall–Kier alpha value is -11.3. The first kappa shape index (κ1) is 88.6. The van der Waals surface area contributed by atoms with E-state index >= 15 is 0 Å². The number of anilines is 5. The van der Waals surface area contributed by atoms with Crippen LogP contribution in [0.5, 0.6) is 0 Å². The molecule has 5 aliphatic heterocycles. The predicted molar refractivity (Wildman–Crippen MR) is 505 cm³/mol. The molecule has 5 aromatic carbocycles. The zero-order valence-electron chi connectivity index (χ0n) is 71.7. The Morgan fingerprint density at radius 1 is 0.328 bits per heavy atom. The van der Waals surface area contributed by atoms with Crippen molar-refractivity contribution in [2.45, 2.75) is 242 Å². The van der Waals surface area contributed by atoms with E-state index in [4.69, 9.17) is 90.9 Å². The first-order chi connectivity index (χ1) is 60.9. The van der Waals surface area contributed by atoms with Gasteiger partial charge in [-0.05, 0) is 141 Å². The molecular formula is C100H107Cl5N20. The first-order valence-corrected chi connectivity index (χ1v) is 46.3. The smallest absolute Gasteiger partial charge is 0.196 e. The maximum atomic E-state index is 7.92.